The fourth-order valence-electron chi connectivity index (χ4n) is 4.23. The molecule has 0 bridgehead atoms. The fourth-order valence-corrected chi connectivity index (χ4v) is 6.44. The Morgan fingerprint density at radius 3 is 2.91 bits per heavy atom. The normalized spacial score (nSPS) is 18.9. The molecule has 0 spiro atoms. The highest BCUT2D eigenvalue weighted by Crippen LogP contribution is 2.38. The van der Waals surface area contributed by atoms with Gasteiger partial charge in [-0.05, 0) is 18.4 Å². The molecule has 0 saturated carbocycles. The number of aliphatic hydroxyl groups excluding tert-OH is 1. The Morgan fingerprint density at radius 1 is 1.45 bits per heavy atom. The highest BCUT2D eigenvalue weighted by molar-refractivity contribution is 7.90. The lowest BCUT2D eigenvalue weighted by molar-refractivity contribution is -0.131. The van der Waals surface area contributed by atoms with E-state index in [9.17, 15) is 18.3 Å². The van der Waals surface area contributed by atoms with Crippen molar-refractivity contribution in [2.24, 2.45) is 5.92 Å². The van der Waals surface area contributed by atoms with Gasteiger partial charge in [-0.1, -0.05) is 12.8 Å². The van der Waals surface area contributed by atoms with Crippen molar-refractivity contribution in [3.63, 3.8) is 0 Å². The Morgan fingerprint density at radius 2 is 2.24 bits per heavy atom. The number of fused-ring (bicyclic) bond motifs is 1. The fraction of sp³-hybridized carbons (Fsp3) is 0.409. The number of nitrogens with zero attached hydrogens (tertiary/aromatic N) is 3. The van der Waals surface area contributed by atoms with Gasteiger partial charge in [0.2, 0.25) is 5.91 Å². The molecule has 3 aromatic rings. The minimum Gasteiger partial charge on any atom is -0.391 e. The molecule has 1 fully saturated rings. The Kier molecular flexibility index (Phi) is 6.43. The second-order valence-electron chi connectivity index (χ2n) is 8.33. The van der Waals surface area contributed by atoms with Crippen LogP contribution in [0, 0.1) is 18.3 Å². The van der Waals surface area contributed by atoms with E-state index in [4.69, 9.17) is 6.42 Å². The van der Waals surface area contributed by atoms with Gasteiger partial charge >= 0.3 is 0 Å². The molecule has 0 aliphatic carbocycles. The number of aromatic amines is 1. The van der Waals surface area contributed by atoms with Gasteiger partial charge in [0.1, 0.15) is 10.7 Å². The number of aliphatic hydroxyl groups is 1. The van der Waals surface area contributed by atoms with E-state index in [1.807, 2.05) is 6.07 Å². The second kappa shape index (κ2) is 9.13. The molecule has 1 aliphatic heterocycles. The summed E-state index contributed by atoms with van der Waals surface area (Å²) in [5.41, 5.74) is 2.06. The molecule has 33 heavy (non-hydrogen) atoms. The number of carbonyl (C=O) groups excluding carboxylic acids is 1. The van der Waals surface area contributed by atoms with Crippen molar-refractivity contribution in [2.45, 2.75) is 37.4 Å². The van der Waals surface area contributed by atoms with Crippen molar-refractivity contribution >= 4 is 43.8 Å². The molecule has 4 rings (SSSR count). The molecule has 0 aromatic carbocycles. The van der Waals surface area contributed by atoms with E-state index >= 15 is 0 Å². The summed E-state index contributed by atoms with van der Waals surface area (Å²) in [5, 5.41) is 14.4. The van der Waals surface area contributed by atoms with Gasteiger partial charge in [-0.3, -0.25) is 4.79 Å². The number of hydrogen-bond acceptors (Lipinski definition) is 8. The Balaban J connectivity index is 1.75. The molecule has 4 heterocycles. The average Bonchev–Trinajstić information content (AvgIpc) is 3.40. The number of terminal acetylenes is 1. The summed E-state index contributed by atoms with van der Waals surface area (Å²) in [6.45, 7) is 2.84. The first kappa shape index (κ1) is 23.2. The Bertz CT molecular complexity index is 1340. The number of carbonyl (C=O) groups is 1. The SMILES string of the molecule is C#CCC(=O)N1C[C@@H](C)C[C@@H](Nc2c(-c3nc(S(C)(=O)=O)c(CO)s3)cnc3[nH]ccc23)C1. The van der Waals surface area contributed by atoms with Crippen molar-refractivity contribution in [2.75, 3.05) is 24.7 Å². The first-order chi connectivity index (χ1) is 15.7. The summed E-state index contributed by atoms with van der Waals surface area (Å²) in [7, 11) is -3.60. The largest absolute Gasteiger partial charge is 0.391 e. The summed E-state index contributed by atoms with van der Waals surface area (Å²) < 4.78 is 24.3. The van der Waals surface area contributed by atoms with Gasteiger partial charge in [0.25, 0.3) is 0 Å². The van der Waals surface area contributed by atoms with E-state index in [1.54, 1.807) is 17.3 Å². The number of hydrogen-bond donors (Lipinski definition) is 3. The number of likely N-dealkylation sites (tertiary alicyclic amines) is 1. The van der Waals surface area contributed by atoms with Gasteiger partial charge in [-0.25, -0.2) is 18.4 Å². The van der Waals surface area contributed by atoms with Gasteiger partial charge in [0, 0.05) is 43.2 Å². The first-order valence-corrected chi connectivity index (χ1v) is 13.2. The lowest BCUT2D eigenvalue weighted by Gasteiger charge is -2.37. The first-order valence-electron chi connectivity index (χ1n) is 10.5. The predicted molar refractivity (Wildman–Crippen MR) is 127 cm³/mol. The summed E-state index contributed by atoms with van der Waals surface area (Å²) in [4.78, 5) is 26.4. The topological polar surface area (TPSA) is 128 Å². The van der Waals surface area contributed by atoms with Crippen molar-refractivity contribution in [3.8, 4) is 22.9 Å². The lowest BCUT2D eigenvalue weighted by Crippen LogP contribution is -2.48. The maximum Gasteiger partial charge on any atom is 0.234 e. The quantitative estimate of drug-likeness (QED) is 0.455. The van der Waals surface area contributed by atoms with Gasteiger partial charge in [-0.2, -0.15) is 0 Å². The van der Waals surface area contributed by atoms with Crippen LogP contribution in [-0.4, -0.2) is 64.7 Å². The van der Waals surface area contributed by atoms with E-state index in [0.29, 0.717) is 29.3 Å². The molecule has 2 atom stereocenters. The number of piperidine rings is 1. The van der Waals surface area contributed by atoms with Crippen molar-refractivity contribution in [3.05, 3.63) is 23.3 Å². The maximum atomic E-state index is 12.4. The number of aromatic nitrogens is 3. The van der Waals surface area contributed by atoms with Crippen molar-refractivity contribution < 1.29 is 18.3 Å². The number of H-pyrrole nitrogens is 1. The van der Waals surface area contributed by atoms with Crippen molar-refractivity contribution in [1.29, 1.82) is 0 Å². The molecular weight excluding hydrogens is 462 g/mol. The maximum absolute atomic E-state index is 12.4. The number of sulfone groups is 1. The van der Waals surface area contributed by atoms with Crippen LogP contribution >= 0.6 is 11.3 Å². The highest BCUT2D eigenvalue weighted by Gasteiger charge is 2.29. The Hall–Kier alpha value is -2.94. The molecule has 1 aliphatic rings. The second-order valence-corrected chi connectivity index (χ2v) is 11.3. The number of amides is 1. The van der Waals surface area contributed by atoms with Crippen LogP contribution in [0.4, 0.5) is 5.69 Å². The van der Waals surface area contributed by atoms with Gasteiger partial charge in [-0.15, -0.1) is 17.8 Å². The average molecular weight is 488 g/mol. The number of thiazole rings is 1. The van der Waals surface area contributed by atoms with Crippen LogP contribution in [0.25, 0.3) is 21.6 Å². The van der Waals surface area contributed by atoms with Crippen LogP contribution in [0.2, 0.25) is 0 Å². The van der Waals surface area contributed by atoms with Gasteiger partial charge < -0.3 is 20.3 Å². The van der Waals surface area contributed by atoms with Crippen LogP contribution in [0.3, 0.4) is 0 Å². The molecule has 0 radical (unpaired) electrons. The number of pyridine rings is 1. The third-order valence-corrected chi connectivity index (χ3v) is 7.83. The minimum absolute atomic E-state index is 0.0404. The number of rotatable bonds is 6. The monoisotopic (exact) mass is 487 g/mol. The Labute approximate surface area is 196 Å². The molecule has 3 aromatic heterocycles. The van der Waals surface area contributed by atoms with E-state index < -0.39 is 16.4 Å². The van der Waals surface area contributed by atoms with Gasteiger partial charge in [0.15, 0.2) is 14.9 Å². The minimum atomic E-state index is -3.60. The zero-order valence-corrected chi connectivity index (χ0v) is 20.0. The smallest absolute Gasteiger partial charge is 0.234 e. The molecule has 9 nitrogen and oxygen atoms in total. The van der Waals surface area contributed by atoms with Crippen LogP contribution in [0.1, 0.15) is 24.6 Å². The third kappa shape index (κ3) is 4.73. The van der Waals surface area contributed by atoms with Crippen LogP contribution in [0.15, 0.2) is 23.5 Å². The molecule has 11 heteroatoms. The van der Waals surface area contributed by atoms with Crippen LogP contribution in [0.5, 0.6) is 0 Å². The van der Waals surface area contributed by atoms with E-state index in [0.717, 1.165) is 35.1 Å². The predicted octanol–water partition coefficient (Wildman–Crippen LogP) is 2.25. The summed E-state index contributed by atoms with van der Waals surface area (Å²) in [6, 6.07) is 1.85. The zero-order valence-electron chi connectivity index (χ0n) is 18.3. The zero-order chi connectivity index (χ0) is 23.8. The molecule has 174 valence electrons. The lowest BCUT2D eigenvalue weighted by atomic mass is 9.95. The number of anilines is 1. The van der Waals surface area contributed by atoms with Gasteiger partial charge in [0.05, 0.1) is 29.2 Å². The molecular formula is C22H25N5O4S2. The molecule has 3 N–H and O–H groups in total. The van der Waals surface area contributed by atoms with E-state index in [1.165, 1.54) is 0 Å². The highest BCUT2D eigenvalue weighted by atomic mass is 32.2. The summed E-state index contributed by atoms with van der Waals surface area (Å²) >= 11 is 1.12. The molecule has 0 unspecified atom stereocenters. The van der Waals surface area contributed by atoms with Crippen LogP contribution in [-0.2, 0) is 21.2 Å². The molecule has 1 saturated heterocycles. The van der Waals surface area contributed by atoms with Crippen LogP contribution < -0.4 is 5.32 Å². The summed E-state index contributed by atoms with van der Waals surface area (Å²) in [5.74, 6) is 2.63. The standard InChI is InChI=1S/C22H25N5O4S2/c1-4-5-18(29)27-10-13(2)8-14(11-27)25-19-15-6-7-23-20(15)24-9-16(19)21-26-22(33(3,30)31)17(12-28)32-21/h1,6-7,9,13-14,28H,5,8,10-12H2,2-3H3,(H2,23,24,25)/t13-,14+/m0/s1. The van der Waals surface area contributed by atoms with E-state index in [-0.39, 0.29) is 34.2 Å². The van der Waals surface area contributed by atoms with E-state index in [2.05, 4.69) is 33.1 Å². The van der Waals surface area contributed by atoms with Crippen molar-refractivity contribution in [1.82, 2.24) is 19.9 Å². The third-order valence-electron chi connectivity index (χ3n) is 5.59. The number of nitrogens with one attached hydrogen (secondary N) is 2. The molecule has 1 amide bonds. The summed E-state index contributed by atoms with van der Waals surface area (Å²) in [6.07, 6.45) is 10.7.